The zero-order chi connectivity index (χ0) is 21.3. The van der Waals surface area contributed by atoms with Crippen molar-refractivity contribution in [3.63, 3.8) is 0 Å². The van der Waals surface area contributed by atoms with Gasteiger partial charge in [0.25, 0.3) is 5.91 Å². The second kappa shape index (κ2) is 10.3. The number of nitrogens with one attached hydrogen (secondary N) is 1. The maximum atomic E-state index is 13.0. The van der Waals surface area contributed by atoms with Crippen molar-refractivity contribution in [2.24, 2.45) is 0 Å². The summed E-state index contributed by atoms with van der Waals surface area (Å²) in [5.41, 5.74) is 3.42. The maximum absolute atomic E-state index is 13.0. The van der Waals surface area contributed by atoms with E-state index in [-0.39, 0.29) is 12.0 Å². The Bertz CT molecular complexity index is 975. The van der Waals surface area contributed by atoms with E-state index in [9.17, 15) is 4.79 Å². The Morgan fingerprint density at radius 3 is 2.13 bits per heavy atom. The van der Waals surface area contributed by atoms with Crippen LogP contribution in [0.1, 0.15) is 30.5 Å². The molecule has 0 saturated heterocycles. The lowest BCUT2D eigenvalue weighted by Gasteiger charge is -2.12. The van der Waals surface area contributed by atoms with Crippen LogP contribution in [0.2, 0.25) is 0 Å². The molecule has 0 atom stereocenters. The van der Waals surface area contributed by atoms with Gasteiger partial charge < -0.3 is 14.8 Å². The van der Waals surface area contributed by atoms with Gasteiger partial charge in [0.1, 0.15) is 11.5 Å². The molecule has 1 amide bonds. The van der Waals surface area contributed by atoms with Gasteiger partial charge in [-0.2, -0.15) is 0 Å². The number of benzene rings is 3. The molecule has 0 heterocycles. The molecule has 4 nitrogen and oxygen atoms in total. The van der Waals surface area contributed by atoms with E-state index >= 15 is 0 Å². The first kappa shape index (κ1) is 21.2. The Labute approximate surface area is 178 Å². The van der Waals surface area contributed by atoms with Gasteiger partial charge in [-0.3, -0.25) is 4.79 Å². The molecule has 3 rings (SSSR count). The SMILES string of the molecule is COc1ccc(/C=C(/C(=O)NCc2ccc(OC(C)C)cc2)c2ccccc2)cc1. The average Bonchev–Trinajstić information content (AvgIpc) is 2.77. The summed E-state index contributed by atoms with van der Waals surface area (Å²) in [7, 11) is 1.63. The standard InChI is InChI=1S/C26H27NO3/c1-19(2)30-24-15-11-21(12-16-24)18-27-26(28)25(22-7-5-4-6-8-22)17-20-9-13-23(29-3)14-10-20/h4-17,19H,18H2,1-3H3,(H,27,28)/b25-17+. The molecule has 3 aromatic carbocycles. The van der Waals surface area contributed by atoms with Crippen molar-refractivity contribution >= 4 is 17.6 Å². The lowest BCUT2D eigenvalue weighted by molar-refractivity contribution is -0.115. The second-order valence-corrected chi connectivity index (χ2v) is 7.19. The smallest absolute Gasteiger partial charge is 0.252 e. The van der Waals surface area contributed by atoms with Crippen molar-refractivity contribution in [2.45, 2.75) is 26.5 Å². The van der Waals surface area contributed by atoms with Crippen LogP contribution in [-0.4, -0.2) is 19.1 Å². The molecule has 0 unspecified atom stereocenters. The summed E-state index contributed by atoms with van der Waals surface area (Å²) < 4.78 is 10.9. The second-order valence-electron chi connectivity index (χ2n) is 7.19. The van der Waals surface area contributed by atoms with Gasteiger partial charge >= 0.3 is 0 Å². The van der Waals surface area contributed by atoms with Crippen LogP contribution in [0.15, 0.2) is 78.9 Å². The van der Waals surface area contributed by atoms with Crippen molar-refractivity contribution in [3.05, 3.63) is 95.6 Å². The fourth-order valence-corrected chi connectivity index (χ4v) is 3.00. The molecule has 30 heavy (non-hydrogen) atoms. The van der Waals surface area contributed by atoms with Gasteiger partial charge in [0.15, 0.2) is 0 Å². The van der Waals surface area contributed by atoms with Crippen LogP contribution in [0.3, 0.4) is 0 Å². The molecule has 4 heteroatoms. The number of hydrogen-bond acceptors (Lipinski definition) is 3. The number of methoxy groups -OCH3 is 1. The summed E-state index contributed by atoms with van der Waals surface area (Å²) in [5.74, 6) is 1.48. The van der Waals surface area contributed by atoms with Crippen LogP contribution in [0, 0.1) is 0 Å². The first-order valence-corrected chi connectivity index (χ1v) is 10.00. The molecule has 0 spiro atoms. The van der Waals surface area contributed by atoms with Gasteiger partial charge in [-0.25, -0.2) is 0 Å². The largest absolute Gasteiger partial charge is 0.497 e. The molecule has 0 saturated carbocycles. The highest BCUT2D eigenvalue weighted by molar-refractivity contribution is 6.24. The molecule has 0 aliphatic heterocycles. The van der Waals surface area contributed by atoms with E-state index in [0.717, 1.165) is 28.2 Å². The molecular formula is C26H27NO3. The third kappa shape index (κ3) is 5.98. The van der Waals surface area contributed by atoms with E-state index in [1.54, 1.807) is 7.11 Å². The Kier molecular flexibility index (Phi) is 7.28. The Morgan fingerprint density at radius 2 is 1.53 bits per heavy atom. The Hall–Kier alpha value is -3.53. The van der Waals surface area contributed by atoms with Crippen molar-refractivity contribution in [3.8, 4) is 11.5 Å². The highest BCUT2D eigenvalue weighted by Gasteiger charge is 2.12. The molecule has 0 fully saturated rings. The first-order chi connectivity index (χ1) is 14.5. The first-order valence-electron chi connectivity index (χ1n) is 10.00. The van der Waals surface area contributed by atoms with Crippen LogP contribution < -0.4 is 14.8 Å². The summed E-state index contributed by atoms with van der Waals surface area (Å²) in [6.45, 7) is 4.43. The molecule has 3 aromatic rings. The lowest BCUT2D eigenvalue weighted by Crippen LogP contribution is -2.23. The van der Waals surface area contributed by atoms with E-state index in [0.29, 0.717) is 12.1 Å². The van der Waals surface area contributed by atoms with E-state index in [1.165, 1.54) is 0 Å². The molecule has 1 N–H and O–H groups in total. The topological polar surface area (TPSA) is 47.6 Å². The number of carbonyl (C=O) groups is 1. The maximum Gasteiger partial charge on any atom is 0.252 e. The highest BCUT2D eigenvalue weighted by atomic mass is 16.5. The third-order valence-electron chi connectivity index (χ3n) is 4.50. The van der Waals surface area contributed by atoms with E-state index < -0.39 is 0 Å². The molecule has 0 bridgehead atoms. The number of rotatable bonds is 8. The quantitative estimate of drug-likeness (QED) is 0.409. The van der Waals surface area contributed by atoms with Crippen LogP contribution in [0.5, 0.6) is 11.5 Å². The minimum atomic E-state index is -0.125. The molecule has 0 radical (unpaired) electrons. The summed E-state index contributed by atoms with van der Waals surface area (Å²) in [5, 5.41) is 3.03. The van der Waals surface area contributed by atoms with Crippen molar-refractivity contribution < 1.29 is 14.3 Å². The summed E-state index contributed by atoms with van der Waals surface area (Å²) in [6.07, 6.45) is 2.02. The fraction of sp³-hybridized carbons (Fsp3) is 0.192. The Balaban J connectivity index is 1.76. The molecular weight excluding hydrogens is 374 g/mol. The number of carbonyl (C=O) groups excluding carboxylic acids is 1. The van der Waals surface area contributed by atoms with Gasteiger partial charge in [0, 0.05) is 12.1 Å². The highest BCUT2D eigenvalue weighted by Crippen LogP contribution is 2.21. The summed E-state index contributed by atoms with van der Waals surface area (Å²) >= 11 is 0. The van der Waals surface area contributed by atoms with Crippen LogP contribution in [0.25, 0.3) is 11.6 Å². The van der Waals surface area contributed by atoms with Crippen molar-refractivity contribution in [1.82, 2.24) is 5.32 Å². The summed E-state index contributed by atoms with van der Waals surface area (Å²) in [4.78, 5) is 13.0. The third-order valence-corrected chi connectivity index (χ3v) is 4.50. The normalized spacial score (nSPS) is 11.3. The molecule has 154 valence electrons. The number of ether oxygens (including phenoxy) is 2. The van der Waals surface area contributed by atoms with E-state index in [2.05, 4.69) is 5.32 Å². The monoisotopic (exact) mass is 401 g/mol. The van der Waals surface area contributed by atoms with E-state index in [4.69, 9.17) is 9.47 Å². The van der Waals surface area contributed by atoms with Gasteiger partial charge in [0.05, 0.1) is 13.2 Å². The average molecular weight is 402 g/mol. The van der Waals surface area contributed by atoms with Crippen LogP contribution in [-0.2, 0) is 11.3 Å². The van der Waals surface area contributed by atoms with Crippen LogP contribution in [0.4, 0.5) is 0 Å². The minimum absolute atomic E-state index is 0.125. The fourth-order valence-electron chi connectivity index (χ4n) is 3.00. The van der Waals surface area contributed by atoms with Gasteiger partial charge in [-0.1, -0.05) is 54.6 Å². The molecule has 0 aromatic heterocycles. The minimum Gasteiger partial charge on any atom is -0.497 e. The van der Waals surface area contributed by atoms with Gasteiger partial charge in [0.2, 0.25) is 0 Å². The zero-order valence-electron chi connectivity index (χ0n) is 17.6. The predicted molar refractivity (Wildman–Crippen MR) is 121 cm³/mol. The molecule has 0 aliphatic carbocycles. The van der Waals surface area contributed by atoms with E-state index in [1.807, 2.05) is 98.8 Å². The zero-order valence-corrected chi connectivity index (χ0v) is 17.6. The van der Waals surface area contributed by atoms with Gasteiger partial charge in [-0.05, 0) is 60.9 Å². The van der Waals surface area contributed by atoms with Crippen molar-refractivity contribution in [2.75, 3.05) is 7.11 Å². The van der Waals surface area contributed by atoms with Gasteiger partial charge in [-0.15, -0.1) is 0 Å². The number of amides is 1. The van der Waals surface area contributed by atoms with Crippen LogP contribution >= 0.6 is 0 Å². The molecule has 0 aliphatic rings. The summed E-state index contributed by atoms with van der Waals surface area (Å²) in [6, 6.07) is 25.1. The van der Waals surface area contributed by atoms with Crippen molar-refractivity contribution in [1.29, 1.82) is 0 Å². The predicted octanol–water partition coefficient (Wildman–Crippen LogP) is 5.34. The lowest BCUT2D eigenvalue weighted by atomic mass is 10.0. The number of hydrogen-bond donors (Lipinski definition) is 1. The Morgan fingerprint density at radius 1 is 0.900 bits per heavy atom.